The molecule has 1 spiro atoms. The van der Waals surface area contributed by atoms with Crippen molar-refractivity contribution >= 4 is 17.1 Å². The van der Waals surface area contributed by atoms with Crippen molar-refractivity contribution in [1.82, 2.24) is 28.5 Å². The van der Waals surface area contributed by atoms with E-state index >= 15 is 0 Å². The highest BCUT2D eigenvalue weighted by molar-refractivity contribution is 5.94. The van der Waals surface area contributed by atoms with Gasteiger partial charge in [-0.15, -0.1) is 0 Å². The molecule has 4 heterocycles. The SMILES string of the molecule is CN(C)CCOc1ccc(C(=O)N2CCC3(CC2)C[C@H](n2cnc4c2c(=O)n(C)c(=O)n4C)[C@@](C)(O)CO3)cc1. The molecule has 2 aliphatic heterocycles. The quantitative estimate of drug-likeness (QED) is 0.474. The predicted octanol–water partition coefficient (Wildman–Crippen LogP) is 0.762. The summed E-state index contributed by atoms with van der Waals surface area (Å²) in [6.45, 7) is 4.17. The van der Waals surface area contributed by atoms with Crippen LogP contribution in [0.15, 0.2) is 40.2 Å². The van der Waals surface area contributed by atoms with Gasteiger partial charge in [-0.25, -0.2) is 9.78 Å². The second-order valence-corrected chi connectivity index (χ2v) is 11.5. The zero-order valence-electron chi connectivity index (χ0n) is 23.8. The van der Waals surface area contributed by atoms with E-state index in [9.17, 15) is 19.5 Å². The van der Waals surface area contributed by atoms with Crippen LogP contribution in [0.3, 0.4) is 0 Å². The number of benzene rings is 1. The Balaban J connectivity index is 1.30. The summed E-state index contributed by atoms with van der Waals surface area (Å²) < 4.78 is 16.1. The van der Waals surface area contributed by atoms with Crippen molar-refractivity contribution in [2.45, 2.75) is 43.4 Å². The smallest absolute Gasteiger partial charge is 0.332 e. The Morgan fingerprint density at radius 3 is 2.48 bits per heavy atom. The molecule has 0 saturated carbocycles. The Bertz CT molecular complexity index is 1510. The molecule has 1 aromatic carbocycles. The van der Waals surface area contributed by atoms with Crippen LogP contribution < -0.4 is 16.0 Å². The minimum atomic E-state index is -1.26. The Morgan fingerprint density at radius 2 is 1.82 bits per heavy atom. The van der Waals surface area contributed by atoms with E-state index in [2.05, 4.69) is 4.98 Å². The fourth-order valence-corrected chi connectivity index (χ4v) is 5.71. The van der Waals surface area contributed by atoms with Gasteiger partial charge in [0.05, 0.1) is 24.6 Å². The zero-order chi connectivity index (χ0) is 28.8. The van der Waals surface area contributed by atoms with Crippen LogP contribution in [0.4, 0.5) is 0 Å². The van der Waals surface area contributed by atoms with Gasteiger partial charge in [0.15, 0.2) is 11.2 Å². The number of ether oxygens (including phenoxy) is 2. The average molecular weight is 555 g/mol. The molecule has 0 aliphatic carbocycles. The van der Waals surface area contributed by atoms with Crippen molar-refractivity contribution < 1.29 is 19.4 Å². The molecule has 1 amide bonds. The standard InChI is InChI=1S/C28H38N6O6/c1-27(38)17-40-28(16-21(27)34-18-29-23-22(34)25(36)32(5)26(37)31(23)4)10-12-33(13-11-28)24(35)19-6-8-20(9-7-19)39-15-14-30(2)3/h6-9,18,21,38H,10-17H2,1-5H3/t21-,27-/m0/s1. The molecule has 40 heavy (non-hydrogen) atoms. The van der Waals surface area contributed by atoms with E-state index in [1.165, 1.54) is 17.9 Å². The van der Waals surface area contributed by atoms with Gasteiger partial charge < -0.3 is 28.9 Å². The third kappa shape index (κ3) is 5.06. The van der Waals surface area contributed by atoms with Crippen molar-refractivity contribution in [1.29, 1.82) is 0 Å². The predicted molar refractivity (Wildman–Crippen MR) is 149 cm³/mol. The third-order valence-corrected chi connectivity index (χ3v) is 8.33. The molecule has 12 heteroatoms. The van der Waals surface area contributed by atoms with Gasteiger partial charge in [-0.2, -0.15) is 0 Å². The number of aliphatic hydroxyl groups is 1. The number of rotatable bonds is 6. The highest BCUT2D eigenvalue weighted by Gasteiger charge is 2.50. The maximum Gasteiger partial charge on any atom is 0.332 e. The van der Waals surface area contributed by atoms with Crippen LogP contribution in [0.5, 0.6) is 5.75 Å². The van der Waals surface area contributed by atoms with E-state index in [0.717, 1.165) is 16.9 Å². The molecule has 2 aliphatic rings. The normalized spacial score (nSPS) is 22.8. The van der Waals surface area contributed by atoms with Crippen molar-refractivity contribution in [3.05, 3.63) is 57.0 Å². The number of piperidine rings is 1. The van der Waals surface area contributed by atoms with Crippen LogP contribution in [0, 0.1) is 0 Å². The molecule has 2 aromatic heterocycles. The number of aryl methyl sites for hydroxylation is 1. The molecule has 2 saturated heterocycles. The van der Waals surface area contributed by atoms with Crippen molar-refractivity contribution in [2.24, 2.45) is 14.1 Å². The molecule has 216 valence electrons. The molecule has 0 bridgehead atoms. The fraction of sp³-hybridized carbons (Fsp3) is 0.571. The zero-order valence-corrected chi connectivity index (χ0v) is 23.8. The van der Waals surface area contributed by atoms with Gasteiger partial charge in [0.1, 0.15) is 18.0 Å². The van der Waals surface area contributed by atoms with Gasteiger partial charge in [0.25, 0.3) is 11.5 Å². The molecule has 0 unspecified atom stereocenters. The molecule has 2 atom stereocenters. The second kappa shape index (κ2) is 10.5. The van der Waals surface area contributed by atoms with Gasteiger partial charge in [0, 0.05) is 45.7 Å². The largest absolute Gasteiger partial charge is 0.492 e. The lowest BCUT2D eigenvalue weighted by atomic mass is 9.77. The van der Waals surface area contributed by atoms with Crippen molar-refractivity contribution in [3.8, 4) is 5.75 Å². The Hall–Kier alpha value is -3.48. The number of hydrogen-bond donors (Lipinski definition) is 1. The maximum atomic E-state index is 13.2. The Labute approximate surface area is 232 Å². The number of fused-ring (bicyclic) bond motifs is 1. The number of nitrogens with zero attached hydrogens (tertiary/aromatic N) is 6. The summed E-state index contributed by atoms with van der Waals surface area (Å²) in [5.41, 5.74) is -1.58. The van der Waals surface area contributed by atoms with E-state index in [4.69, 9.17) is 9.47 Å². The van der Waals surface area contributed by atoms with Crippen molar-refractivity contribution in [2.75, 3.05) is 46.9 Å². The lowest BCUT2D eigenvalue weighted by Crippen LogP contribution is -2.57. The molecule has 2 fully saturated rings. The number of likely N-dealkylation sites (tertiary alicyclic amines) is 1. The molecule has 12 nitrogen and oxygen atoms in total. The van der Waals surface area contributed by atoms with Gasteiger partial charge in [-0.1, -0.05) is 0 Å². The number of carbonyl (C=O) groups excluding carboxylic acids is 1. The van der Waals surface area contributed by atoms with E-state index in [1.807, 2.05) is 36.0 Å². The van der Waals surface area contributed by atoms with Gasteiger partial charge >= 0.3 is 5.69 Å². The number of likely N-dealkylation sites (N-methyl/N-ethyl adjacent to an activating group) is 1. The van der Waals surface area contributed by atoms with Crippen molar-refractivity contribution in [3.63, 3.8) is 0 Å². The second-order valence-electron chi connectivity index (χ2n) is 11.5. The molecule has 0 radical (unpaired) electrons. The van der Waals surface area contributed by atoms with E-state index in [-0.39, 0.29) is 23.7 Å². The first-order valence-corrected chi connectivity index (χ1v) is 13.6. The monoisotopic (exact) mass is 554 g/mol. The van der Waals surface area contributed by atoms with Gasteiger partial charge in [-0.3, -0.25) is 18.7 Å². The molecule has 5 rings (SSSR count). The summed E-state index contributed by atoms with van der Waals surface area (Å²) in [6.07, 6.45) is 3.16. The van der Waals surface area contributed by atoms with E-state index < -0.39 is 28.5 Å². The molecular formula is C28H38N6O6. The highest BCUT2D eigenvalue weighted by Crippen LogP contribution is 2.44. The number of imidazole rings is 1. The molecule has 1 N–H and O–H groups in total. The molecule has 3 aromatic rings. The lowest BCUT2D eigenvalue weighted by molar-refractivity contribution is -0.198. The summed E-state index contributed by atoms with van der Waals surface area (Å²) in [4.78, 5) is 46.9. The highest BCUT2D eigenvalue weighted by atomic mass is 16.5. The van der Waals surface area contributed by atoms with Gasteiger partial charge in [0.2, 0.25) is 0 Å². The van der Waals surface area contributed by atoms with Crippen LogP contribution in [0.1, 0.15) is 42.6 Å². The summed E-state index contributed by atoms with van der Waals surface area (Å²) in [6, 6.07) is 6.72. The van der Waals surface area contributed by atoms with Crippen LogP contribution in [0.2, 0.25) is 0 Å². The first kappa shape index (κ1) is 28.1. The summed E-state index contributed by atoms with van der Waals surface area (Å²) >= 11 is 0. The van der Waals surface area contributed by atoms with Gasteiger partial charge in [-0.05, 0) is 58.1 Å². The first-order chi connectivity index (χ1) is 18.9. The Morgan fingerprint density at radius 1 is 1.15 bits per heavy atom. The number of aromatic nitrogens is 4. The van der Waals surface area contributed by atoms with Crippen LogP contribution in [-0.2, 0) is 18.8 Å². The maximum absolute atomic E-state index is 13.2. The Kier molecular flexibility index (Phi) is 7.36. The number of amides is 1. The number of carbonyl (C=O) groups is 1. The van der Waals surface area contributed by atoms with Crippen LogP contribution in [0.25, 0.3) is 11.2 Å². The minimum absolute atomic E-state index is 0.0425. The first-order valence-electron chi connectivity index (χ1n) is 13.6. The third-order valence-electron chi connectivity index (χ3n) is 8.33. The average Bonchev–Trinajstić information content (AvgIpc) is 3.37. The summed E-state index contributed by atoms with van der Waals surface area (Å²) in [5.74, 6) is 0.686. The van der Waals surface area contributed by atoms with E-state index in [1.54, 1.807) is 30.7 Å². The van der Waals surface area contributed by atoms with E-state index in [0.29, 0.717) is 44.5 Å². The number of hydrogen-bond acceptors (Lipinski definition) is 8. The lowest BCUT2D eigenvalue weighted by Gasteiger charge is -2.51. The van der Waals surface area contributed by atoms with Crippen LogP contribution in [-0.4, -0.2) is 97.6 Å². The summed E-state index contributed by atoms with van der Waals surface area (Å²) in [7, 11) is 6.98. The topological polar surface area (TPSA) is 124 Å². The van der Waals surface area contributed by atoms with Crippen LogP contribution >= 0.6 is 0 Å². The summed E-state index contributed by atoms with van der Waals surface area (Å²) in [5, 5.41) is 11.3. The minimum Gasteiger partial charge on any atom is -0.492 e. The molecular weight excluding hydrogens is 516 g/mol. The fourth-order valence-electron chi connectivity index (χ4n) is 5.71.